The Morgan fingerprint density at radius 3 is 2.39 bits per heavy atom. The van der Waals surface area contributed by atoms with E-state index in [1.807, 2.05) is 0 Å². The molecule has 170 valence electrons. The molecule has 0 radical (unpaired) electrons. The molecule has 2 aromatic rings. The van der Waals surface area contributed by atoms with E-state index in [-0.39, 0.29) is 6.42 Å². The Balaban J connectivity index is 1.69. The fraction of sp³-hybridized carbons (Fsp3) is 0.273. The molecule has 1 spiro atoms. The van der Waals surface area contributed by atoms with Crippen molar-refractivity contribution in [1.82, 2.24) is 5.32 Å². The first kappa shape index (κ1) is 21.1. The number of fused-ring (bicyclic) bond motifs is 4. The van der Waals surface area contributed by atoms with Crippen molar-refractivity contribution in [3.8, 4) is 0 Å². The highest BCUT2D eigenvalue weighted by atomic mass is 19.4. The number of alkyl halides is 3. The highest BCUT2D eigenvalue weighted by Gasteiger charge is 2.71. The standard InChI is InChI=1S/C22H17F3N4O4/c23-22(24,25)11-6-2-4-8-14(11)29-18(31)16-13(9-15(26)30)28-21(17(16)19(29)32)10-5-1-3-7-12(10)27-20(21)33/h1-8,13,16-17,28H,9H2,(H2,26,30)(H,27,33)/t13-,16+,17-,21-/m0/s1. The molecular weight excluding hydrogens is 441 g/mol. The van der Waals surface area contributed by atoms with Crippen molar-refractivity contribution in [2.75, 3.05) is 10.2 Å². The molecule has 2 fully saturated rings. The minimum absolute atomic E-state index is 0.379. The number of amides is 4. The molecule has 0 saturated carbocycles. The van der Waals surface area contributed by atoms with Gasteiger partial charge in [-0.1, -0.05) is 30.3 Å². The average Bonchev–Trinajstić information content (AvgIpc) is 3.32. The molecule has 5 rings (SSSR count). The van der Waals surface area contributed by atoms with Crippen molar-refractivity contribution in [3.63, 3.8) is 0 Å². The number of hydrogen-bond acceptors (Lipinski definition) is 5. The number of benzene rings is 2. The maximum Gasteiger partial charge on any atom is 0.418 e. The summed E-state index contributed by atoms with van der Waals surface area (Å²) in [5.74, 6) is -5.91. The summed E-state index contributed by atoms with van der Waals surface area (Å²) < 4.78 is 41.0. The molecule has 0 aromatic heterocycles. The number of rotatable bonds is 3. The number of primary amides is 1. The van der Waals surface area contributed by atoms with E-state index < -0.39 is 64.5 Å². The maximum absolute atomic E-state index is 13.7. The summed E-state index contributed by atoms with van der Waals surface area (Å²) in [6.45, 7) is 0. The highest BCUT2D eigenvalue weighted by molar-refractivity contribution is 6.26. The second-order valence-electron chi connectivity index (χ2n) is 8.26. The molecule has 0 aliphatic carbocycles. The van der Waals surface area contributed by atoms with E-state index in [2.05, 4.69) is 10.6 Å². The summed E-state index contributed by atoms with van der Waals surface area (Å²) in [4.78, 5) is 52.5. The second kappa shape index (κ2) is 6.88. The molecule has 4 amide bonds. The first-order valence-electron chi connectivity index (χ1n) is 10.1. The van der Waals surface area contributed by atoms with Gasteiger partial charge in [0, 0.05) is 23.7 Å². The topological polar surface area (TPSA) is 122 Å². The lowest BCUT2D eigenvalue weighted by Crippen LogP contribution is -2.53. The number of nitrogens with one attached hydrogen (secondary N) is 2. The van der Waals surface area contributed by atoms with E-state index in [0.717, 1.165) is 18.2 Å². The molecule has 0 bridgehead atoms. The lowest BCUT2D eigenvalue weighted by molar-refractivity contribution is -0.137. The first-order chi connectivity index (χ1) is 15.6. The molecular formula is C22H17F3N4O4. The Morgan fingerprint density at radius 2 is 1.70 bits per heavy atom. The third-order valence-corrected chi connectivity index (χ3v) is 6.49. The van der Waals surface area contributed by atoms with Crippen LogP contribution in [0.3, 0.4) is 0 Å². The largest absolute Gasteiger partial charge is 0.418 e. The van der Waals surface area contributed by atoms with Crippen molar-refractivity contribution in [1.29, 1.82) is 0 Å². The monoisotopic (exact) mass is 458 g/mol. The Kier molecular flexibility index (Phi) is 4.41. The number of nitrogens with two attached hydrogens (primary N) is 1. The van der Waals surface area contributed by atoms with Crippen molar-refractivity contribution in [2.45, 2.75) is 24.2 Å². The van der Waals surface area contributed by atoms with Crippen molar-refractivity contribution in [2.24, 2.45) is 17.6 Å². The number of halogens is 3. The Bertz CT molecular complexity index is 1230. The number of nitrogens with zero attached hydrogens (tertiary/aromatic N) is 1. The molecule has 33 heavy (non-hydrogen) atoms. The third-order valence-electron chi connectivity index (χ3n) is 6.49. The lowest BCUT2D eigenvalue weighted by atomic mass is 9.76. The molecule has 3 aliphatic heterocycles. The molecule has 8 nitrogen and oxygen atoms in total. The van der Waals surface area contributed by atoms with Gasteiger partial charge >= 0.3 is 6.18 Å². The van der Waals surface area contributed by atoms with Gasteiger partial charge in [0.25, 0.3) is 0 Å². The van der Waals surface area contributed by atoms with Crippen LogP contribution in [0.1, 0.15) is 17.5 Å². The predicted octanol–water partition coefficient (Wildman–Crippen LogP) is 1.51. The van der Waals surface area contributed by atoms with Crippen molar-refractivity contribution >= 4 is 35.0 Å². The number of carbonyl (C=O) groups excluding carboxylic acids is 4. The zero-order valence-corrected chi connectivity index (χ0v) is 16.8. The number of anilines is 2. The normalized spacial score (nSPS) is 28.3. The number of para-hydroxylation sites is 2. The van der Waals surface area contributed by atoms with E-state index in [1.54, 1.807) is 24.3 Å². The zero-order chi connectivity index (χ0) is 23.7. The molecule has 3 heterocycles. The van der Waals surface area contributed by atoms with Gasteiger partial charge in [-0.15, -0.1) is 0 Å². The predicted molar refractivity (Wildman–Crippen MR) is 108 cm³/mol. The molecule has 2 aromatic carbocycles. The van der Waals surface area contributed by atoms with Crippen LogP contribution < -0.4 is 21.3 Å². The smallest absolute Gasteiger partial charge is 0.370 e. The number of carbonyl (C=O) groups is 4. The van der Waals surface area contributed by atoms with Crippen LogP contribution in [0.4, 0.5) is 24.5 Å². The van der Waals surface area contributed by atoms with Crippen LogP contribution in [0.5, 0.6) is 0 Å². The quantitative estimate of drug-likeness (QED) is 0.602. The SMILES string of the molecule is NC(=O)C[C@@H]1N[C@]2(C(=O)Nc3ccccc32)[C@@H]2C(=O)N(c3ccccc3C(F)(F)F)C(=O)[C@H]12. The average molecular weight is 458 g/mol. The zero-order valence-electron chi connectivity index (χ0n) is 16.8. The van der Waals surface area contributed by atoms with Crippen LogP contribution in [0.25, 0.3) is 0 Å². The van der Waals surface area contributed by atoms with Crippen LogP contribution in [-0.2, 0) is 30.9 Å². The fourth-order valence-electron chi connectivity index (χ4n) is 5.30. The van der Waals surface area contributed by atoms with Gasteiger partial charge in [0.05, 0.1) is 23.1 Å². The Hall–Kier alpha value is -3.73. The molecule has 2 saturated heterocycles. The molecule has 4 N–H and O–H groups in total. The summed E-state index contributed by atoms with van der Waals surface area (Å²) in [7, 11) is 0. The van der Waals surface area contributed by atoms with Gasteiger partial charge in [0.15, 0.2) is 0 Å². The fourth-order valence-corrected chi connectivity index (χ4v) is 5.30. The van der Waals surface area contributed by atoms with Crippen LogP contribution in [-0.4, -0.2) is 29.7 Å². The van der Waals surface area contributed by atoms with E-state index in [0.29, 0.717) is 16.2 Å². The van der Waals surface area contributed by atoms with E-state index in [1.165, 1.54) is 6.07 Å². The van der Waals surface area contributed by atoms with E-state index in [4.69, 9.17) is 5.73 Å². The van der Waals surface area contributed by atoms with Crippen LogP contribution >= 0.6 is 0 Å². The van der Waals surface area contributed by atoms with Gasteiger partial charge in [0.1, 0.15) is 5.54 Å². The highest BCUT2D eigenvalue weighted by Crippen LogP contribution is 2.54. The van der Waals surface area contributed by atoms with Crippen molar-refractivity contribution in [3.05, 3.63) is 59.7 Å². The molecule has 0 unspecified atom stereocenters. The number of imide groups is 1. The molecule has 4 atom stereocenters. The van der Waals surface area contributed by atoms with Crippen molar-refractivity contribution < 1.29 is 32.3 Å². The second-order valence-corrected chi connectivity index (χ2v) is 8.26. The van der Waals surface area contributed by atoms with Gasteiger partial charge in [-0.25, -0.2) is 4.90 Å². The Morgan fingerprint density at radius 1 is 1.03 bits per heavy atom. The van der Waals surface area contributed by atoms with Crippen LogP contribution in [0, 0.1) is 11.8 Å². The minimum atomic E-state index is -4.82. The Labute approximate surface area is 184 Å². The van der Waals surface area contributed by atoms with Gasteiger partial charge < -0.3 is 11.1 Å². The van der Waals surface area contributed by atoms with E-state index in [9.17, 15) is 32.3 Å². The molecule has 11 heteroatoms. The summed E-state index contributed by atoms with van der Waals surface area (Å²) in [6.07, 6.45) is -5.21. The molecule has 3 aliphatic rings. The summed E-state index contributed by atoms with van der Waals surface area (Å²) in [5, 5.41) is 5.64. The summed E-state index contributed by atoms with van der Waals surface area (Å²) in [5.41, 5.74) is 2.63. The van der Waals surface area contributed by atoms with E-state index >= 15 is 0 Å². The summed E-state index contributed by atoms with van der Waals surface area (Å²) >= 11 is 0. The van der Waals surface area contributed by atoms with Gasteiger partial charge in [0.2, 0.25) is 23.6 Å². The lowest BCUT2D eigenvalue weighted by Gasteiger charge is -2.30. The third kappa shape index (κ3) is 2.81. The maximum atomic E-state index is 13.7. The number of hydrogen-bond donors (Lipinski definition) is 3. The minimum Gasteiger partial charge on any atom is -0.370 e. The van der Waals surface area contributed by atoms with Gasteiger partial charge in [-0.05, 0) is 18.2 Å². The summed E-state index contributed by atoms with van der Waals surface area (Å²) in [6, 6.07) is 9.72. The first-order valence-corrected chi connectivity index (χ1v) is 10.1. The van der Waals surface area contributed by atoms with Crippen LogP contribution in [0.2, 0.25) is 0 Å². The van der Waals surface area contributed by atoms with Gasteiger partial charge in [-0.2, -0.15) is 13.2 Å². The van der Waals surface area contributed by atoms with Gasteiger partial charge in [-0.3, -0.25) is 24.5 Å². The van der Waals surface area contributed by atoms with Crippen LogP contribution in [0.15, 0.2) is 48.5 Å².